The maximum atomic E-state index is 12.0. The van der Waals surface area contributed by atoms with Gasteiger partial charge in [0.05, 0.1) is 17.7 Å². The molecular weight excluding hydrogens is 276 g/mol. The lowest BCUT2D eigenvalue weighted by atomic mass is 10.0. The smallest absolute Gasteiger partial charge is 0.282 e. The number of hydrogen-bond acceptors (Lipinski definition) is 5. The zero-order valence-corrected chi connectivity index (χ0v) is 11.3. The number of para-hydroxylation sites is 1. The van der Waals surface area contributed by atoms with Crippen LogP contribution in [0, 0.1) is 10.1 Å². The molecule has 0 spiro atoms. The molecule has 21 heavy (non-hydrogen) atoms. The van der Waals surface area contributed by atoms with E-state index in [1.54, 1.807) is 12.1 Å². The van der Waals surface area contributed by atoms with Crippen LogP contribution in [0.15, 0.2) is 47.1 Å². The van der Waals surface area contributed by atoms with Crippen molar-refractivity contribution in [3.8, 4) is 0 Å². The number of benzene rings is 1. The Bertz CT molecular complexity index is 649. The van der Waals surface area contributed by atoms with E-state index in [-0.39, 0.29) is 17.8 Å². The summed E-state index contributed by atoms with van der Waals surface area (Å²) in [5.74, 6) is -0.334. The van der Waals surface area contributed by atoms with Gasteiger partial charge in [-0.05, 0) is 25.1 Å². The summed E-state index contributed by atoms with van der Waals surface area (Å²) in [5.41, 5.74) is -1.74. The van der Waals surface area contributed by atoms with Crippen molar-refractivity contribution in [1.82, 2.24) is 5.32 Å². The lowest BCUT2D eigenvalue weighted by molar-refractivity contribution is -0.385. The third-order valence-corrected chi connectivity index (χ3v) is 2.99. The van der Waals surface area contributed by atoms with E-state index in [1.165, 1.54) is 37.5 Å². The minimum absolute atomic E-state index is 0.0576. The van der Waals surface area contributed by atoms with Gasteiger partial charge < -0.3 is 14.8 Å². The number of nitro benzene ring substituents is 1. The van der Waals surface area contributed by atoms with Crippen molar-refractivity contribution in [3.05, 3.63) is 64.1 Å². The SMILES string of the molecule is CC(O)(CNC(=O)c1ccccc1[N+](=O)[O-])c1ccco1. The quantitative estimate of drug-likeness (QED) is 0.645. The average molecular weight is 290 g/mol. The van der Waals surface area contributed by atoms with E-state index in [4.69, 9.17) is 4.42 Å². The number of carbonyl (C=O) groups is 1. The summed E-state index contributed by atoms with van der Waals surface area (Å²) in [6, 6.07) is 8.82. The van der Waals surface area contributed by atoms with Gasteiger partial charge in [-0.2, -0.15) is 0 Å². The first-order valence-electron chi connectivity index (χ1n) is 6.20. The number of furan rings is 1. The number of nitrogens with zero attached hydrogens (tertiary/aromatic N) is 1. The van der Waals surface area contributed by atoms with Gasteiger partial charge in [0.25, 0.3) is 11.6 Å². The van der Waals surface area contributed by atoms with E-state index < -0.39 is 16.4 Å². The topological polar surface area (TPSA) is 106 Å². The van der Waals surface area contributed by atoms with Crippen LogP contribution in [0.4, 0.5) is 5.69 Å². The lowest BCUT2D eigenvalue weighted by Gasteiger charge is -2.21. The van der Waals surface area contributed by atoms with Crippen LogP contribution in [0.2, 0.25) is 0 Å². The number of carbonyl (C=O) groups excluding carboxylic acids is 1. The van der Waals surface area contributed by atoms with Gasteiger partial charge in [-0.1, -0.05) is 12.1 Å². The minimum atomic E-state index is -1.40. The van der Waals surface area contributed by atoms with Crippen LogP contribution in [-0.2, 0) is 5.60 Å². The van der Waals surface area contributed by atoms with Crippen LogP contribution >= 0.6 is 0 Å². The Morgan fingerprint density at radius 1 is 1.38 bits per heavy atom. The summed E-state index contributed by atoms with van der Waals surface area (Å²) >= 11 is 0. The summed E-state index contributed by atoms with van der Waals surface area (Å²) in [4.78, 5) is 22.3. The Kier molecular flexibility index (Phi) is 4.04. The number of hydrogen-bond donors (Lipinski definition) is 2. The van der Waals surface area contributed by atoms with Crippen molar-refractivity contribution in [2.45, 2.75) is 12.5 Å². The normalized spacial score (nSPS) is 13.4. The molecule has 1 heterocycles. The Morgan fingerprint density at radius 2 is 2.10 bits per heavy atom. The number of amides is 1. The van der Waals surface area contributed by atoms with Crippen LogP contribution in [-0.4, -0.2) is 22.5 Å². The molecule has 0 radical (unpaired) electrons. The van der Waals surface area contributed by atoms with Crippen LogP contribution in [0.3, 0.4) is 0 Å². The maximum absolute atomic E-state index is 12.0. The van der Waals surface area contributed by atoms with Gasteiger partial charge in [0, 0.05) is 6.07 Å². The molecule has 0 aliphatic carbocycles. The first kappa shape index (κ1) is 14.7. The summed E-state index contributed by atoms with van der Waals surface area (Å²) in [7, 11) is 0. The predicted molar refractivity (Wildman–Crippen MR) is 73.7 cm³/mol. The van der Waals surface area contributed by atoms with Gasteiger partial charge in [0.2, 0.25) is 0 Å². The molecule has 1 unspecified atom stereocenters. The largest absolute Gasteiger partial charge is 0.466 e. The summed E-state index contributed by atoms with van der Waals surface area (Å²) in [6.45, 7) is 1.34. The molecule has 2 rings (SSSR count). The Balaban J connectivity index is 2.11. The van der Waals surface area contributed by atoms with Crippen molar-refractivity contribution in [2.75, 3.05) is 6.54 Å². The van der Waals surface area contributed by atoms with Gasteiger partial charge in [0.15, 0.2) is 0 Å². The fraction of sp³-hybridized carbons (Fsp3) is 0.214. The second-order valence-corrected chi connectivity index (χ2v) is 4.71. The van der Waals surface area contributed by atoms with Crippen LogP contribution in [0.25, 0.3) is 0 Å². The molecule has 7 heteroatoms. The summed E-state index contributed by atoms with van der Waals surface area (Å²) in [6.07, 6.45) is 1.41. The molecule has 110 valence electrons. The summed E-state index contributed by atoms with van der Waals surface area (Å²) < 4.78 is 5.09. The second-order valence-electron chi connectivity index (χ2n) is 4.71. The molecule has 2 N–H and O–H groups in total. The lowest BCUT2D eigenvalue weighted by Crippen LogP contribution is -2.38. The molecule has 7 nitrogen and oxygen atoms in total. The van der Waals surface area contributed by atoms with E-state index in [0.29, 0.717) is 5.76 Å². The minimum Gasteiger partial charge on any atom is -0.466 e. The Hall–Kier alpha value is -2.67. The first-order valence-corrected chi connectivity index (χ1v) is 6.20. The van der Waals surface area contributed by atoms with Gasteiger partial charge in [-0.15, -0.1) is 0 Å². The Morgan fingerprint density at radius 3 is 2.71 bits per heavy atom. The first-order chi connectivity index (χ1) is 9.92. The highest BCUT2D eigenvalue weighted by molar-refractivity contribution is 5.98. The highest BCUT2D eigenvalue weighted by Gasteiger charge is 2.28. The molecular formula is C14H14N2O5. The second kappa shape index (κ2) is 5.76. The van der Waals surface area contributed by atoms with Crippen LogP contribution < -0.4 is 5.32 Å². The molecule has 2 aromatic rings. The van der Waals surface area contributed by atoms with Crippen molar-refractivity contribution in [2.24, 2.45) is 0 Å². The van der Waals surface area contributed by atoms with E-state index in [0.717, 1.165) is 0 Å². The molecule has 0 saturated heterocycles. The van der Waals surface area contributed by atoms with Crippen LogP contribution in [0.5, 0.6) is 0 Å². The van der Waals surface area contributed by atoms with Crippen molar-refractivity contribution in [3.63, 3.8) is 0 Å². The van der Waals surface area contributed by atoms with Crippen molar-refractivity contribution < 1.29 is 19.2 Å². The number of nitrogens with one attached hydrogen (secondary N) is 1. The van der Waals surface area contributed by atoms with Gasteiger partial charge in [-0.25, -0.2) is 0 Å². The summed E-state index contributed by atoms with van der Waals surface area (Å²) in [5, 5.41) is 23.6. The van der Waals surface area contributed by atoms with Gasteiger partial charge in [-0.3, -0.25) is 14.9 Å². The van der Waals surface area contributed by atoms with Crippen molar-refractivity contribution >= 4 is 11.6 Å². The zero-order valence-electron chi connectivity index (χ0n) is 11.3. The van der Waals surface area contributed by atoms with E-state index in [9.17, 15) is 20.0 Å². The van der Waals surface area contributed by atoms with E-state index >= 15 is 0 Å². The maximum Gasteiger partial charge on any atom is 0.282 e. The standard InChI is InChI=1S/C14H14N2O5/c1-14(18,12-7-4-8-21-12)9-15-13(17)10-5-2-3-6-11(10)16(19)20/h2-8,18H,9H2,1H3,(H,15,17). The predicted octanol–water partition coefficient (Wildman–Crippen LogP) is 1.83. The monoisotopic (exact) mass is 290 g/mol. The zero-order chi connectivity index (χ0) is 15.5. The molecule has 0 saturated carbocycles. The molecule has 1 aromatic heterocycles. The van der Waals surface area contributed by atoms with Crippen molar-refractivity contribution in [1.29, 1.82) is 0 Å². The fourth-order valence-corrected chi connectivity index (χ4v) is 1.84. The fourth-order valence-electron chi connectivity index (χ4n) is 1.84. The third kappa shape index (κ3) is 3.26. The highest BCUT2D eigenvalue weighted by atomic mass is 16.6. The molecule has 0 aliphatic heterocycles. The van der Waals surface area contributed by atoms with E-state index in [2.05, 4.69) is 5.32 Å². The average Bonchev–Trinajstić information content (AvgIpc) is 3.00. The van der Waals surface area contributed by atoms with Gasteiger partial charge >= 0.3 is 0 Å². The molecule has 1 amide bonds. The number of rotatable bonds is 5. The van der Waals surface area contributed by atoms with Crippen LogP contribution in [0.1, 0.15) is 23.0 Å². The molecule has 0 fully saturated rings. The number of nitro groups is 1. The molecule has 1 aromatic carbocycles. The van der Waals surface area contributed by atoms with Gasteiger partial charge in [0.1, 0.15) is 16.9 Å². The third-order valence-electron chi connectivity index (χ3n) is 2.99. The molecule has 0 bridgehead atoms. The molecule has 1 atom stereocenters. The Labute approximate surface area is 120 Å². The molecule has 0 aliphatic rings. The highest BCUT2D eigenvalue weighted by Crippen LogP contribution is 2.21. The van der Waals surface area contributed by atoms with E-state index in [1.807, 2.05) is 0 Å². The number of aliphatic hydroxyl groups is 1.